The van der Waals surface area contributed by atoms with E-state index < -0.39 is 6.04 Å². The summed E-state index contributed by atoms with van der Waals surface area (Å²) < 4.78 is 0.858. The molecule has 2 atom stereocenters. The summed E-state index contributed by atoms with van der Waals surface area (Å²) >= 11 is 9.27. The fourth-order valence-corrected chi connectivity index (χ4v) is 3.88. The van der Waals surface area contributed by atoms with Crippen LogP contribution in [0.2, 0.25) is 5.02 Å². The highest BCUT2D eigenvalue weighted by atomic mass is 79.9. The minimum Gasteiger partial charge on any atom is -0.327 e. The second-order valence-corrected chi connectivity index (χ2v) is 8.48. The van der Waals surface area contributed by atoms with Gasteiger partial charge in [0.2, 0.25) is 11.8 Å². The summed E-state index contributed by atoms with van der Waals surface area (Å²) in [7, 11) is 0. The Morgan fingerprint density at radius 2 is 1.79 bits per heavy atom. The van der Waals surface area contributed by atoms with Gasteiger partial charge in [0.05, 0.1) is 18.5 Å². The number of carbonyl (C=O) groups excluding carboxylic acids is 3. The Labute approximate surface area is 183 Å². The van der Waals surface area contributed by atoms with Crippen LogP contribution in [0.15, 0.2) is 53.0 Å². The van der Waals surface area contributed by atoms with E-state index in [1.54, 1.807) is 53.4 Å². The molecular formula is C22H22BrClN2O3. The van der Waals surface area contributed by atoms with Gasteiger partial charge in [0, 0.05) is 15.5 Å². The number of anilines is 1. The van der Waals surface area contributed by atoms with Crippen molar-refractivity contribution in [2.75, 3.05) is 4.90 Å². The minimum absolute atomic E-state index is 0.00834. The molecule has 0 aliphatic carbocycles. The first kappa shape index (κ1) is 21.5. The maximum atomic E-state index is 13.1. The van der Waals surface area contributed by atoms with Gasteiger partial charge in [-0.25, -0.2) is 4.90 Å². The van der Waals surface area contributed by atoms with Crippen molar-refractivity contribution in [2.24, 2.45) is 0 Å². The number of imide groups is 1. The second kappa shape index (κ2) is 9.09. The molecule has 1 aliphatic rings. The van der Waals surface area contributed by atoms with Crippen LogP contribution in [0.4, 0.5) is 5.69 Å². The summed E-state index contributed by atoms with van der Waals surface area (Å²) in [6.45, 7) is 3.86. The number of hydrogen-bond donors (Lipinski definition) is 0. The molecule has 29 heavy (non-hydrogen) atoms. The first-order chi connectivity index (χ1) is 13.8. The molecule has 1 heterocycles. The van der Waals surface area contributed by atoms with Crippen LogP contribution in [0.25, 0.3) is 0 Å². The van der Waals surface area contributed by atoms with Crippen LogP contribution in [-0.2, 0) is 20.8 Å². The highest BCUT2D eigenvalue weighted by Gasteiger charge is 2.45. The largest absolute Gasteiger partial charge is 0.327 e. The molecule has 2 aromatic rings. The van der Waals surface area contributed by atoms with E-state index >= 15 is 0 Å². The summed E-state index contributed by atoms with van der Waals surface area (Å²) in [6.07, 6.45) is 0.825. The van der Waals surface area contributed by atoms with Gasteiger partial charge in [0.15, 0.2) is 0 Å². The number of hydrogen-bond acceptors (Lipinski definition) is 3. The molecule has 152 valence electrons. The zero-order chi connectivity index (χ0) is 21.1. The zero-order valence-electron chi connectivity index (χ0n) is 16.3. The molecule has 1 saturated heterocycles. The fourth-order valence-electron chi connectivity index (χ4n) is 3.49. The zero-order valence-corrected chi connectivity index (χ0v) is 18.6. The number of nitrogens with zero attached hydrogens (tertiary/aromatic N) is 2. The summed E-state index contributed by atoms with van der Waals surface area (Å²) in [5.41, 5.74) is 1.33. The number of carbonyl (C=O) groups is 3. The molecule has 0 saturated carbocycles. The number of amides is 3. The summed E-state index contributed by atoms with van der Waals surface area (Å²) in [5.74, 6) is -0.831. The van der Waals surface area contributed by atoms with Crippen LogP contribution < -0.4 is 4.90 Å². The molecule has 2 aromatic carbocycles. The van der Waals surface area contributed by atoms with E-state index in [0.29, 0.717) is 17.1 Å². The van der Waals surface area contributed by atoms with Crippen molar-refractivity contribution >= 4 is 50.9 Å². The summed E-state index contributed by atoms with van der Waals surface area (Å²) in [4.78, 5) is 41.7. The first-order valence-corrected chi connectivity index (χ1v) is 10.7. The molecule has 0 N–H and O–H groups in total. The third kappa shape index (κ3) is 4.70. The van der Waals surface area contributed by atoms with Gasteiger partial charge >= 0.3 is 0 Å². The number of rotatable bonds is 6. The molecular weight excluding hydrogens is 456 g/mol. The molecule has 1 aliphatic heterocycles. The van der Waals surface area contributed by atoms with Crippen molar-refractivity contribution in [3.63, 3.8) is 0 Å². The fraction of sp³-hybridized carbons (Fsp3) is 0.318. The lowest BCUT2D eigenvalue weighted by atomic mass is 10.1. The van der Waals surface area contributed by atoms with Gasteiger partial charge < -0.3 is 4.90 Å². The van der Waals surface area contributed by atoms with Crippen molar-refractivity contribution in [3.8, 4) is 0 Å². The van der Waals surface area contributed by atoms with Crippen molar-refractivity contribution in [1.29, 1.82) is 0 Å². The minimum atomic E-state index is -0.791. The Hall–Kier alpha value is -2.18. The van der Waals surface area contributed by atoms with Gasteiger partial charge in [-0.2, -0.15) is 0 Å². The molecule has 3 amide bonds. The van der Waals surface area contributed by atoms with Gasteiger partial charge in [-0.3, -0.25) is 14.4 Å². The Kier molecular flexibility index (Phi) is 6.75. The smallest absolute Gasteiger partial charge is 0.257 e. The lowest BCUT2D eigenvalue weighted by molar-refractivity contribution is -0.140. The lowest BCUT2D eigenvalue weighted by Gasteiger charge is -2.33. The van der Waals surface area contributed by atoms with Gasteiger partial charge in [-0.05, 0) is 55.3 Å². The van der Waals surface area contributed by atoms with Gasteiger partial charge in [0.25, 0.3) is 5.91 Å². The topological polar surface area (TPSA) is 57.7 Å². The van der Waals surface area contributed by atoms with Crippen molar-refractivity contribution in [2.45, 2.75) is 45.2 Å². The Bertz CT molecular complexity index is 915. The van der Waals surface area contributed by atoms with E-state index in [-0.39, 0.29) is 36.6 Å². The Morgan fingerprint density at radius 1 is 1.17 bits per heavy atom. The summed E-state index contributed by atoms with van der Waals surface area (Å²) in [5, 5.41) is 0.599. The van der Waals surface area contributed by atoms with Crippen LogP contribution in [0.3, 0.4) is 0 Å². The average molecular weight is 478 g/mol. The van der Waals surface area contributed by atoms with E-state index in [1.165, 1.54) is 4.90 Å². The van der Waals surface area contributed by atoms with E-state index in [4.69, 9.17) is 11.6 Å². The van der Waals surface area contributed by atoms with Crippen molar-refractivity contribution < 1.29 is 14.4 Å². The van der Waals surface area contributed by atoms with Crippen molar-refractivity contribution in [3.05, 3.63) is 63.6 Å². The standard InChI is InChI=1S/C22H22BrClN2O3/c1-3-14(2)25(20(27)12-15-4-8-17(24)9-5-15)19-13-21(28)26(22(19)29)18-10-6-16(23)7-11-18/h4-11,14,19H,3,12-13H2,1-2H3. The maximum absolute atomic E-state index is 13.1. The predicted molar refractivity (Wildman–Crippen MR) is 117 cm³/mol. The maximum Gasteiger partial charge on any atom is 0.257 e. The molecule has 0 bridgehead atoms. The predicted octanol–water partition coefficient (Wildman–Crippen LogP) is 4.60. The van der Waals surface area contributed by atoms with Crippen LogP contribution >= 0.6 is 27.5 Å². The Morgan fingerprint density at radius 3 is 2.38 bits per heavy atom. The third-order valence-corrected chi connectivity index (χ3v) is 5.95. The normalized spacial score (nSPS) is 17.5. The van der Waals surface area contributed by atoms with Crippen molar-refractivity contribution in [1.82, 2.24) is 4.90 Å². The van der Waals surface area contributed by atoms with Gasteiger partial charge in [-0.15, -0.1) is 0 Å². The SMILES string of the molecule is CCC(C)N(C(=O)Cc1ccc(Cl)cc1)C1CC(=O)N(c2ccc(Br)cc2)C1=O. The van der Waals surface area contributed by atoms with Crippen LogP contribution in [0.1, 0.15) is 32.3 Å². The van der Waals surface area contributed by atoms with Gasteiger partial charge in [0.1, 0.15) is 6.04 Å². The number of benzene rings is 2. The third-order valence-electron chi connectivity index (χ3n) is 5.17. The number of halogens is 2. The van der Waals surface area contributed by atoms with E-state index in [0.717, 1.165) is 10.0 Å². The van der Waals surface area contributed by atoms with E-state index in [1.807, 2.05) is 13.8 Å². The Balaban J connectivity index is 1.85. The highest BCUT2D eigenvalue weighted by molar-refractivity contribution is 9.10. The molecule has 3 rings (SSSR count). The lowest BCUT2D eigenvalue weighted by Crippen LogP contribution is -2.50. The van der Waals surface area contributed by atoms with E-state index in [2.05, 4.69) is 15.9 Å². The molecule has 5 nitrogen and oxygen atoms in total. The highest BCUT2D eigenvalue weighted by Crippen LogP contribution is 2.29. The van der Waals surface area contributed by atoms with Crippen LogP contribution in [0, 0.1) is 0 Å². The molecule has 7 heteroatoms. The second-order valence-electron chi connectivity index (χ2n) is 7.13. The monoisotopic (exact) mass is 476 g/mol. The molecule has 0 aromatic heterocycles. The quantitative estimate of drug-likeness (QED) is 0.571. The van der Waals surface area contributed by atoms with Crippen LogP contribution in [0.5, 0.6) is 0 Å². The molecule has 1 fully saturated rings. The first-order valence-electron chi connectivity index (χ1n) is 9.49. The van der Waals surface area contributed by atoms with E-state index in [9.17, 15) is 14.4 Å². The van der Waals surface area contributed by atoms with Gasteiger partial charge in [-0.1, -0.05) is 46.6 Å². The average Bonchev–Trinajstić information content (AvgIpc) is 2.98. The van der Waals surface area contributed by atoms with Crippen LogP contribution in [-0.4, -0.2) is 34.7 Å². The molecule has 2 unspecified atom stereocenters. The molecule has 0 radical (unpaired) electrons. The molecule has 0 spiro atoms. The summed E-state index contributed by atoms with van der Waals surface area (Å²) in [6, 6.07) is 13.1.